The Hall–Kier alpha value is -3.59. The standard InChI is InChI=1S/C28H33F5N8O2/c1-14-10-17(34)37-22(19(14)28(31,32)33)23-20(30)21-18-24(36-8-7-35-6-4-15(2)43-25(18)38-23)40-26(39-21)42-13-27-5-3-9-41(27)12-16(29)11-27/h10,15-16,35H,3-9,11-13H2,1-2H3,(H2,34,37)(H,36,39,40)/t15-,16+,27?/m0/s1. The number of aromatic nitrogens is 4. The number of rotatable bonds is 4. The van der Waals surface area contributed by atoms with Crippen LogP contribution in [0, 0.1) is 12.7 Å². The number of ether oxygens (including phenoxy) is 2. The van der Waals surface area contributed by atoms with Crippen molar-refractivity contribution < 1.29 is 31.4 Å². The first-order chi connectivity index (χ1) is 20.4. The molecule has 0 amide bonds. The van der Waals surface area contributed by atoms with E-state index in [4.69, 9.17) is 15.2 Å². The van der Waals surface area contributed by atoms with Crippen LogP contribution in [0.4, 0.5) is 33.6 Å². The lowest BCUT2D eigenvalue weighted by molar-refractivity contribution is -0.137. The molecule has 1 unspecified atom stereocenters. The Kier molecular flexibility index (Phi) is 7.65. The Morgan fingerprint density at radius 1 is 1.16 bits per heavy atom. The van der Waals surface area contributed by atoms with Gasteiger partial charge in [-0.2, -0.15) is 23.1 Å². The van der Waals surface area contributed by atoms with Crippen LogP contribution in [0.25, 0.3) is 22.3 Å². The minimum Gasteiger partial charge on any atom is -0.474 e. The molecule has 0 aliphatic carbocycles. The lowest BCUT2D eigenvalue weighted by Gasteiger charge is -2.30. The number of alkyl halides is 4. The Morgan fingerprint density at radius 3 is 2.77 bits per heavy atom. The molecule has 10 nitrogen and oxygen atoms in total. The Bertz CT molecular complexity index is 1540. The third kappa shape index (κ3) is 5.59. The van der Waals surface area contributed by atoms with Crippen LogP contribution in [0.2, 0.25) is 0 Å². The van der Waals surface area contributed by atoms with Gasteiger partial charge in [0.2, 0.25) is 5.88 Å². The molecule has 3 atom stereocenters. The average Bonchev–Trinajstić information content (AvgIpc) is 3.44. The van der Waals surface area contributed by atoms with Crippen LogP contribution in [-0.4, -0.2) is 82.0 Å². The molecule has 2 saturated heterocycles. The molecule has 15 heteroatoms. The number of aryl methyl sites for hydroxylation is 1. The first kappa shape index (κ1) is 29.5. The SMILES string of the molecule is Cc1cc(N)nc(-c2nc3c4c(nc(OCC56CCCN5C[C@H](F)C6)nc4c2F)NCCNCC[C@H](C)O3)c1C(F)(F)F. The fourth-order valence-corrected chi connectivity index (χ4v) is 6.38. The second-order valence-electron chi connectivity index (χ2n) is 11.5. The van der Waals surface area contributed by atoms with Gasteiger partial charge in [-0.3, -0.25) is 4.90 Å². The summed E-state index contributed by atoms with van der Waals surface area (Å²) in [6, 6.07) is 0.865. The van der Waals surface area contributed by atoms with Gasteiger partial charge in [0.25, 0.3) is 0 Å². The first-order valence-corrected chi connectivity index (χ1v) is 14.3. The fraction of sp³-hybridized carbons (Fsp3) is 0.571. The maximum absolute atomic E-state index is 16.5. The van der Waals surface area contributed by atoms with E-state index in [-0.39, 0.29) is 46.6 Å². The van der Waals surface area contributed by atoms with E-state index in [2.05, 4.69) is 35.5 Å². The highest BCUT2D eigenvalue weighted by Crippen LogP contribution is 2.44. The molecule has 43 heavy (non-hydrogen) atoms. The average molecular weight is 609 g/mol. The zero-order chi connectivity index (χ0) is 30.5. The summed E-state index contributed by atoms with van der Waals surface area (Å²) in [5.74, 6) is -1.40. The van der Waals surface area contributed by atoms with Crippen LogP contribution < -0.4 is 25.8 Å². The van der Waals surface area contributed by atoms with Gasteiger partial charge in [0.05, 0.1) is 17.2 Å². The number of nitrogens with one attached hydrogen (secondary N) is 2. The highest BCUT2D eigenvalue weighted by atomic mass is 19.4. The number of anilines is 2. The van der Waals surface area contributed by atoms with Crippen molar-refractivity contribution in [2.75, 3.05) is 50.4 Å². The number of hydrogen-bond donors (Lipinski definition) is 3. The molecule has 4 N–H and O–H groups in total. The van der Waals surface area contributed by atoms with E-state index in [0.717, 1.165) is 25.5 Å². The van der Waals surface area contributed by atoms with E-state index in [1.165, 1.54) is 6.92 Å². The van der Waals surface area contributed by atoms with Crippen molar-refractivity contribution in [3.05, 3.63) is 23.0 Å². The molecule has 0 spiro atoms. The second-order valence-corrected chi connectivity index (χ2v) is 11.5. The number of nitrogens with zero attached hydrogens (tertiary/aromatic N) is 5. The molecule has 3 aliphatic heterocycles. The molecule has 6 heterocycles. The highest BCUT2D eigenvalue weighted by molar-refractivity contribution is 5.96. The van der Waals surface area contributed by atoms with Crippen molar-refractivity contribution in [2.24, 2.45) is 0 Å². The molecule has 3 aromatic heterocycles. The van der Waals surface area contributed by atoms with Gasteiger partial charge in [-0.25, -0.2) is 18.7 Å². The summed E-state index contributed by atoms with van der Waals surface area (Å²) < 4.78 is 85.7. The Balaban J connectivity index is 1.53. The lowest BCUT2D eigenvalue weighted by atomic mass is 9.95. The number of nitrogen functional groups attached to an aromatic ring is 1. The van der Waals surface area contributed by atoms with Gasteiger partial charge in [-0.05, 0) is 57.8 Å². The smallest absolute Gasteiger partial charge is 0.418 e. The van der Waals surface area contributed by atoms with Gasteiger partial charge in [0.1, 0.15) is 46.7 Å². The number of nitrogens with two attached hydrogens (primary N) is 1. The predicted molar refractivity (Wildman–Crippen MR) is 149 cm³/mol. The van der Waals surface area contributed by atoms with Gasteiger partial charge in [-0.15, -0.1) is 0 Å². The number of fused-ring (bicyclic) bond motifs is 1. The normalized spacial score (nSPS) is 24.7. The maximum Gasteiger partial charge on any atom is 0.418 e. The van der Waals surface area contributed by atoms with E-state index in [0.29, 0.717) is 39.0 Å². The van der Waals surface area contributed by atoms with Crippen LogP contribution in [0.5, 0.6) is 11.9 Å². The summed E-state index contributed by atoms with van der Waals surface area (Å²) in [7, 11) is 0. The summed E-state index contributed by atoms with van der Waals surface area (Å²) >= 11 is 0. The van der Waals surface area contributed by atoms with Crippen molar-refractivity contribution in [3.8, 4) is 23.3 Å². The maximum atomic E-state index is 16.5. The van der Waals surface area contributed by atoms with E-state index in [1.54, 1.807) is 6.92 Å². The molecular weight excluding hydrogens is 575 g/mol. The third-order valence-electron chi connectivity index (χ3n) is 8.34. The monoisotopic (exact) mass is 608 g/mol. The summed E-state index contributed by atoms with van der Waals surface area (Å²) in [6.07, 6.45) is -3.82. The van der Waals surface area contributed by atoms with Crippen LogP contribution in [0.3, 0.4) is 0 Å². The summed E-state index contributed by atoms with van der Waals surface area (Å²) in [5.41, 5.74) is 2.06. The van der Waals surface area contributed by atoms with Crippen LogP contribution in [0.1, 0.15) is 43.7 Å². The van der Waals surface area contributed by atoms with E-state index < -0.39 is 46.8 Å². The first-order valence-electron chi connectivity index (χ1n) is 14.3. The van der Waals surface area contributed by atoms with Crippen molar-refractivity contribution in [2.45, 2.75) is 63.5 Å². The van der Waals surface area contributed by atoms with Gasteiger partial charge in [0, 0.05) is 26.1 Å². The van der Waals surface area contributed by atoms with Crippen molar-refractivity contribution in [1.82, 2.24) is 30.2 Å². The molecule has 0 bridgehead atoms. The minimum atomic E-state index is -4.88. The lowest BCUT2D eigenvalue weighted by Crippen LogP contribution is -2.43. The van der Waals surface area contributed by atoms with Gasteiger partial charge >= 0.3 is 12.2 Å². The second kappa shape index (κ2) is 11.2. The predicted octanol–water partition coefficient (Wildman–Crippen LogP) is 4.26. The van der Waals surface area contributed by atoms with Gasteiger partial charge in [-0.1, -0.05) is 0 Å². The molecule has 0 radical (unpaired) electrons. The number of hydrogen-bond acceptors (Lipinski definition) is 10. The molecular formula is C28H33F5N8O2. The highest BCUT2D eigenvalue weighted by Gasteiger charge is 2.49. The fourth-order valence-electron chi connectivity index (χ4n) is 6.38. The van der Waals surface area contributed by atoms with E-state index in [9.17, 15) is 17.6 Å². The van der Waals surface area contributed by atoms with Crippen LogP contribution in [0.15, 0.2) is 6.07 Å². The molecule has 0 aromatic carbocycles. The topological polar surface area (TPSA) is 123 Å². The van der Waals surface area contributed by atoms with E-state index >= 15 is 4.39 Å². The van der Waals surface area contributed by atoms with Crippen molar-refractivity contribution >= 4 is 22.5 Å². The van der Waals surface area contributed by atoms with Crippen LogP contribution in [-0.2, 0) is 6.18 Å². The van der Waals surface area contributed by atoms with Crippen molar-refractivity contribution in [3.63, 3.8) is 0 Å². The quantitative estimate of drug-likeness (QED) is 0.370. The molecule has 232 valence electrons. The third-order valence-corrected chi connectivity index (χ3v) is 8.34. The van der Waals surface area contributed by atoms with Gasteiger partial charge in [0.15, 0.2) is 5.82 Å². The molecule has 6 rings (SSSR count). The number of halogens is 5. The molecule has 3 aliphatic rings. The Morgan fingerprint density at radius 2 is 1.98 bits per heavy atom. The molecule has 3 aromatic rings. The van der Waals surface area contributed by atoms with E-state index in [1.807, 2.05) is 0 Å². The molecule has 0 saturated carbocycles. The summed E-state index contributed by atoms with van der Waals surface area (Å²) in [4.78, 5) is 19.0. The largest absolute Gasteiger partial charge is 0.474 e. The zero-order valence-electron chi connectivity index (χ0n) is 23.8. The minimum absolute atomic E-state index is 0.0573. The summed E-state index contributed by atoms with van der Waals surface area (Å²) in [5, 5.41) is 6.45. The Labute approximate surface area is 244 Å². The number of pyridine rings is 2. The molecule has 2 fully saturated rings. The van der Waals surface area contributed by atoms with Crippen LogP contribution >= 0.6 is 0 Å². The van der Waals surface area contributed by atoms with Gasteiger partial charge < -0.3 is 25.8 Å². The zero-order valence-corrected chi connectivity index (χ0v) is 23.8. The van der Waals surface area contributed by atoms with Crippen molar-refractivity contribution in [1.29, 1.82) is 0 Å². The summed E-state index contributed by atoms with van der Waals surface area (Å²) in [6.45, 7) is 5.67.